The van der Waals surface area contributed by atoms with E-state index in [1.54, 1.807) is 17.0 Å². The van der Waals surface area contributed by atoms with Crippen LogP contribution in [0.4, 0.5) is 4.39 Å². The molecule has 2 aromatic rings. The van der Waals surface area contributed by atoms with Crippen molar-refractivity contribution in [1.29, 1.82) is 0 Å². The van der Waals surface area contributed by atoms with Crippen molar-refractivity contribution in [2.75, 3.05) is 32.6 Å². The Morgan fingerprint density at radius 1 is 1.21 bits per heavy atom. The summed E-state index contributed by atoms with van der Waals surface area (Å²) in [4.78, 5) is 15.2. The minimum Gasteiger partial charge on any atom is -0.378 e. The van der Waals surface area contributed by atoms with Gasteiger partial charge >= 0.3 is 0 Å². The summed E-state index contributed by atoms with van der Waals surface area (Å²) in [5, 5.41) is 0. The number of halogens is 1. The first-order valence-corrected chi connectivity index (χ1v) is 11.4. The van der Waals surface area contributed by atoms with Gasteiger partial charge in [0.15, 0.2) is 0 Å². The van der Waals surface area contributed by atoms with Crippen molar-refractivity contribution >= 4 is 27.7 Å². The first kappa shape index (κ1) is 20.8. The van der Waals surface area contributed by atoms with Crippen LogP contribution < -0.4 is 4.72 Å². The number of nitrogens with zero attached hydrogens (tertiary/aromatic N) is 1. The molecule has 28 heavy (non-hydrogen) atoms. The lowest BCUT2D eigenvalue weighted by Gasteiger charge is -2.27. The third-order valence-electron chi connectivity index (χ3n) is 4.42. The third-order valence-corrected chi connectivity index (χ3v) is 6.62. The predicted octanol–water partition coefficient (Wildman–Crippen LogP) is 2.50. The van der Waals surface area contributed by atoms with Crippen LogP contribution >= 0.6 is 11.8 Å². The highest BCUT2D eigenvalue weighted by atomic mass is 32.2. The van der Waals surface area contributed by atoms with Gasteiger partial charge in [-0.3, -0.25) is 4.79 Å². The van der Waals surface area contributed by atoms with Gasteiger partial charge in [-0.25, -0.2) is 17.5 Å². The standard InChI is InChI=1S/C19H21FN2O4S2/c1-27-18-7-6-15(12-16(18)19(23)22-8-10-26-11-9-22)28(24,25)21-13-14-4-2-3-5-17(14)20/h2-7,12,21H,8-11,13H2,1H3. The molecule has 0 aliphatic carbocycles. The first-order valence-electron chi connectivity index (χ1n) is 8.70. The number of sulfonamides is 1. The van der Waals surface area contributed by atoms with E-state index >= 15 is 0 Å². The van der Waals surface area contributed by atoms with Crippen molar-refractivity contribution in [3.8, 4) is 0 Å². The zero-order chi connectivity index (χ0) is 20.1. The van der Waals surface area contributed by atoms with Crippen molar-refractivity contribution in [2.45, 2.75) is 16.3 Å². The normalized spacial score (nSPS) is 14.9. The Morgan fingerprint density at radius 2 is 1.93 bits per heavy atom. The van der Waals surface area contributed by atoms with Crippen molar-refractivity contribution in [2.24, 2.45) is 0 Å². The SMILES string of the molecule is CSc1ccc(S(=O)(=O)NCc2ccccc2F)cc1C(=O)N1CCOCC1. The maximum atomic E-state index is 13.7. The molecule has 1 aliphatic rings. The molecule has 0 saturated carbocycles. The van der Waals surface area contributed by atoms with Crippen molar-refractivity contribution in [1.82, 2.24) is 9.62 Å². The van der Waals surface area contributed by atoms with E-state index in [4.69, 9.17) is 4.74 Å². The quantitative estimate of drug-likeness (QED) is 0.721. The molecule has 1 aliphatic heterocycles. The predicted molar refractivity (Wildman–Crippen MR) is 105 cm³/mol. The average Bonchev–Trinajstić information content (AvgIpc) is 2.72. The summed E-state index contributed by atoms with van der Waals surface area (Å²) in [5.41, 5.74) is 0.583. The molecule has 0 bridgehead atoms. The van der Waals surface area contributed by atoms with E-state index in [0.717, 1.165) is 0 Å². The molecule has 2 aromatic carbocycles. The molecular weight excluding hydrogens is 403 g/mol. The Labute approximate surface area is 168 Å². The summed E-state index contributed by atoms with van der Waals surface area (Å²) >= 11 is 1.38. The average molecular weight is 425 g/mol. The molecule has 0 radical (unpaired) electrons. The van der Waals surface area contributed by atoms with Gasteiger partial charge in [0.2, 0.25) is 10.0 Å². The molecule has 1 N–H and O–H groups in total. The van der Waals surface area contributed by atoms with Crippen LogP contribution in [0.1, 0.15) is 15.9 Å². The Bertz CT molecular complexity index is 960. The lowest BCUT2D eigenvalue weighted by Crippen LogP contribution is -2.41. The van der Waals surface area contributed by atoms with E-state index in [9.17, 15) is 17.6 Å². The fourth-order valence-corrected chi connectivity index (χ4v) is 4.46. The molecule has 1 amide bonds. The molecular formula is C19H21FN2O4S2. The van der Waals surface area contributed by atoms with Gasteiger partial charge in [-0.05, 0) is 30.5 Å². The first-order chi connectivity index (χ1) is 13.4. The Kier molecular flexibility index (Phi) is 6.71. The van der Waals surface area contributed by atoms with E-state index < -0.39 is 15.8 Å². The molecule has 0 aromatic heterocycles. The van der Waals surface area contributed by atoms with Crippen LogP contribution in [0.2, 0.25) is 0 Å². The molecule has 9 heteroatoms. The second kappa shape index (κ2) is 9.04. The van der Waals surface area contributed by atoms with Crippen LogP contribution in [0.15, 0.2) is 52.3 Å². The zero-order valence-corrected chi connectivity index (χ0v) is 17.0. The number of thioether (sulfide) groups is 1. The zero-order valence-electron chi connectivity index (χ0n) is 15.4. The number of hydrogen-bond donors (Lipinski definition) is 1. The smallest absolute Gasteiger partial charge is 0.255 e. The number of carbonyl (C=O) groups excluding carboxylic acids is 1. The van der Waals surface area contributed by atoms with Gasteiger partial charge in [-0.2, -0.15) is 0 Å². The lowest BCUT2D eigenvalue weighted by molar-refractivity contribution is 0.0300. The van der Waals surface area contributed by atoms with Gasteiger partial charge in [0, 0.05) is 30.1 Å². The van der Waals surface area contributed by atoms with E-state index in [1.807, 2.05) is 6.26 Å². The topological polar surface area (TPSA) is 75.7 Å². The van der Waals surface area contributed by atoms with Crippen LogP contribution in [0.5, 0.6) is 0 Å². The number of amides is 1. The van der Waals surface area contributed by atoms with Gasteiger partial charge in [-0.15, -0.1) is 11.8 Å². The van der Waals surface area contributed by atoms with Crippen LogP contribution in [-0.4, -0.2) is 51.8 Å². The Balaban J connectivity index is 1.84. The van der Waals surface area contributed by atoms with E-state index in [1.165, 1.54) is 42.1 Å². The molecule has 1 fully saturated rings. The number of rotatable bonds is 6. The second-order valence-electron chi connectivity index (χ2n) is 6.18. The summed E-state index contributed by atoms with van der Waals surface area (Å²) in [5.74, 6) is -0.704. The molecule has 0 spiro atoms. The molecule has 1 saturated heterocycles. The molecule has 0 atom stereocenters. The van der Waals surface area contributed by atoms with Gasteiger partial charge in [-0.1, -0.05) is 18.2 Å². The Hall–Kier alpha value is -1.94. The second-order valence-corrected chi connectivity index (χ2v) is 8.80. The van der Waals surface area contributed by atoms with Crippen molar-refractivity contribution in [3.63, 3.8) is 0 Å². The number of carbonyl (C=O) groups is 1. The lowest BCUT2D eigenvalue weighted by atomic mass is 10.2. The van der Waals surface area contributed by atoms with E-state index in [0.29, 0.717) is 36.8 Å². The fraction of sp³-hybridized carbons (Fsp3) is 0.316. The minimum absolute atomic E-state index is 0.0294. The van der Waals surface area contributed by atoms with Crippen molar-refractivity contribution in [3.05, 3.63) is 59.4 Å². The van der Waals surface area contributed by atoms with Crippen molar-refractivity contribution < 1.29 is 22.3 Å². The van der Waals surface area contributed by atoms with Gasteiger partial charge in [0.05, 0.1) is 23.7 Å². The number of morpholine rings is 1. The number of ether oxygens (including phenoxy) is 1. The van der Waals surface area contributed by atoms with Crippen LogP contribution in [0, 0.1) is 5.82 Å². The fourth-order valence-electron chi connectivity index (χ4n) is 2.86. The summed E-state index contributed by atoms with van der Waals surface area (Å²) in [7, 11) is -3.91. The molecule has 150 valence electrons. The van der Waals surface area contributed by atoms with Gasteiger partial charge in [0.25, 0.3) is 5.91 Å². The summed E-state index contributed by atoms with van der Waals surface area (Å²) < 4.78 is 46.8. The number of benzene rings is 2. The highest BCUT2D eigenvalue weighted by molar-refractivity contribution is 7.98. The third kappa shape index (κ3) is 4.72. The van der Waals surface area contributed by atoms with Crippen LogP contribution in [0.25, 0.3) is 0 Å². The maximum absolute atomic E-state index is 13.7. The highest BCUT2D eigenvalue weighted by Crippen LogP contribution is 2.25. The van der Waals surface area contributed by atoms with Gasteiger partial charge in [0.1, 0.15) is 5.82 Å². The van der Waals surface area contributed by atoms with Crippen LogP contribution in [-0.2, 0) is 21.3 Å². The van der Waals surface area contributed by atoms with Gasteiger partial charge < -0.3 is 9.64 Å². The molecule has 3 rings (SSSR count). The molecule has 0 unspecified atom stereocenters. The monoisotopic (exact) mass is 424 g/mol. The minimum atomic E-state index is -3.91. The largest absolute Gasteiger partial charge is 0.378 e. The summed E-state index contributed by atoms with van der Waals surface area (Å²) in [6, 6.07) is 10.4. The summed E-state index contributed by atoms with van der Waals surface area (Å²) in [6.07, 6.45) is 1.83. The van der Waals surface area contributed by atoms with E-state index in [2.05, 4.69) is 4.72 Å². The highest BCUT2D eigenvalue weighted by Gasteiger charge is 2.24. The molecule has 1 heterocycles. The maximum Gasteiger partial charge on any atom is 0.255 e. The summed E-state index contributed by atoms with van der Waals surface area (Å²) in [6.45, 7) is 1.68. The van der Waals surface area contributed by atoms with E-state index in [-0.39, 0.29) is 22.9 Å². The van der Waals surface area contributed by atoms with Crippen LogP contribution in [0.3, 0.4) is 0 Å². The number of hydrogen-bond acceptors (Lipinski definition) is 5. The number of nitrogens with one attached hydrogen (secondary N) is 1. The molecule has 6 nitrogen and oxygen atoms in total. The Morgan fingerprint density at radius 3 is 2.61 bits per heavy atom.